The van der Waals surface area contributed by atoms with Crippen molar-refractivity contribution >= 4 is 23.2 Å². The second-order valence-electron chi connectivity index (χ2n) is 8.25. The molecule has 0 unspecified atom stereocenters. The highest BCUT2D eigenvalue weighted by Gasteiger charge is 2.28. The lowest BCUT2D eigenvalue weighted by atomic mass is 10.0. The number of aryl methyl sites for hydroxylation is 1. The van der Waals surface area contributed by atoms with Crippen LogP contribution in [0.15, 0.2) is 51.8 Å². The molecule has 2 heterocycles. The van der Waals surface area contributed by atoms with Gasteiger partial charge in [0.15, 0.2) is 11.5 Å². The lowest BCUT2D eigenvalue weighted by Crippen LogP contribution is -2.23. The molecule has 0 atom stereocenters. The minimum absolute atomic E-state index is 0.193. The fourth-order valence-electron chi connectivity index (χ4n) is 4.41. The van der Waals surface area contributed by atoms with Crippen molar-refractivity contribution < 1.29 is 14.1 Å². The molecule has 1 amide bonds. The van der Waals surface area contributed by atoms with Gasteiger partial charge in [-0.15, -0.1) is 0 Å². The Balaban J connectivity index is 1.50. The van der Waals surface area contributed by atoms with Gasteiger partial charge in [0, 0.05) is 23.2 Å². The molecule has 34 heavy (non-hydrogen) atoms. The van der Waals surface area contributed by atoms with E-state index in [4.69, 9.17) is 20.9 Å². The van der Waals surface area contributed by atoms with Gasteiger partial charge in [0.25, 0.3) is 11.5 Å². The Kier molecular flexibility index (Phi) is 5.53. The smallest absolute Gasteiger partial charge is 0.295 e. The van der Waals surface area contributed by atoms with Crippen LogP contribution in [0, 0.1) is 6.92 Å². The number of anilines is 1. The maximum Gasteiger partial charge on any atom is 0.295 e. The predicted octanol–water partition coefficient (Wildman–Crippen LogP) is 4.54. The van der Waals surface area contributed by atoms with Crippen molar-refractivity contribution in [2.45, 2.75) is 26.2 Å². The number of methoxy groups -OCH3 is 1. The highest BCUT2D eigenvalue weighted by atomic mass is 35.5. The van der Waals surface area contributed by atoms with Gasteiger partial charge in [-0.05, 0) is 74.2 Å². The van der Waals surface area contributed by atoms with Gasteiger partial charge >= 0.3 is 0 Å². The molecular weight excluding hydrogens is 456 g/mol. The van der Waals surface area contributed by atoms with Gasteiger partial charge in [0.2, 0.25) is 0 Å². The van der Waals surface area contributed by atoms with Gasteiger partial charge in [0.05, 0.1) is 18.5 Å². The van der Waals surface area contributed by atoms with Crippen LogP contribution in [-0.4, -0.2) is 27.5 Å². The molecule has 1 N–H and O–H groups in total. The Hall–Kier alpha value is -3.78. The molecule has 0 fully saturated rings. The molecule has 1 aliphatic carbocycles. The Morgan fingerprint density at radius 3 is 2.68 bits per heavy atom. The maximum atomic E-state index is 13.2. The summed E-state index contributed by atoms with van der Waals surface area (Å²) in [5, 5.41) is 7.43. The number of carbonyl (C=O) groups is 1. The molecule has 0 radical (unpaired) electrons. The molecule has 5 rings (SSSR count). The fraction of sp³-hybridized carbons (Fsp3) is 0.240. The summed E-state index contributed by atoms with van der Waals surface area (Å²) in [4.78, 5) is 26.5. The SMILES string of the molecule is COc1ccc2c(c1)CCCc1c(C(=O)Nc3c(C)n(C)n(-c4ccc(Cl)cc4)c3=O)noc1-2. The Bertz CT molecular complexity index is 1460. The summed E-state index contributed by atoms with van der Waals surface area (Å²) < 4.78 is 14.2. The number of halogens is 1. The number of hydrogen-bond donors (Lipinski definition) is 1. The van der Waals surface area contributed by atoms with E-state index in [1.54, 1.807) is 50.0 Å². The third-order valence-corrected chi connectivity index (χ3v) is 6.55. The van der Waals surface area contributed by atoms with Crippen molar-refractivity contribution in [1.82, 2.24) is 14.5 Å². The number of fused-ring (bicyclic) bond motifs is 3. The summed E-state index contributed by atoms with van der Waals surface area (Å²) in [5.41, 5.74) is 4.03. The lowest BCUT2D eigenvalue weighted by Gasteiger charge is -2.07. The van der Waals surface area contributed by atoms with E-state index in [-0.39, 0.29) is 16.9 Å². The van der Waals surface area contributed by atoms with Gasteiger partial charge in [-0.25, -0.2) is 4.68 Å². The third kappa shape index (κ3) is 3.60. The van der Waals surface area contributed by atoms with Crippen molar-refractivity contribution in [3.63, 3.8) is 0 Å². The fourth-order valence-corrected chi connectivity index (χ4v) is 4.54. The molecule has 174 valence electrons. The first kappa shape index (κ1) is 22.0. The molecule has 1 aliphatic rings. The van der Waals surface area contributed by atoms with Crippen LogP contribution in [0.3, 0.4) is 0 Å². The first-order chi connectivity index (χ1) is 16.4. The second kappa shape index (κ2) is 8.53. The molecule has 0 saturated carbocycles. The monoisotopic (exact) mass is 478 g/mol. The van der Waals surface area contributed by atoms with Gasteiger partial charge in [-0.3, -0.25) is 14.3 Å². The van der Waals surface area contributed by atoms with E-state index in [9.17, 15) is 9.59 Å². The van der Waals surface area contributed by atoms with Crippen LogP contribution in [-0.2, 0) is 19.9 Å². The molecule has 0 spiro atoms. The topological polar surface area (TPSA) is 91.3 Å². The van der Waals surface area contributed by atoms with E-state index >= 15 is 0 Å². The number of carbonyl (C=O) groups excluding carboxylic acids is 1. The highest BCUT2D eigenvalue weighted by Crippen LogP contribution is 2.36. The van der Waals surface area contributed by atoms with E-state index in [1.807, 2.05) is 18.2 Å². The first-order valence-electron chi connectivity index (χ1n) is 10.9. The number of rotatable bonds is 4. The average molecular weight is 479 g/mol. The van der Waals surface area contributed by atoms with Crippen LogP contribution in [0.4, 0.5) is 5.69 Å². The first-order valence-corrected chi connectivity index (χ1v) is 11.3. The molecule has 8 nitrogen and oxygen atoms in total. The minimum atomic E-state index is -0.476. The summed E-state index contributed by atoms with van der Waals surface area (Å²) in [5.74, 6) is 0.885. The van der Waals surface area contributed by atoms with Gasteiger partial charge in [0.1, 0.15) is 11.4 Å². The summed E-state index contributed by atoms with van der Waals surface area (Å²) in [6.07, 6.45) is 2.31. The van der Waals surface area contributed by atoms with Crippen molar-refractivity contribution in [3.8, 4) is 22.8 Å². The van der Waals surface area contributed by atoms with Crippen LogP contribution in [0.25, 0.3) is 17.0 Å². The molecule has 2 aromatic heterocycles. The van der Waals surface area contributed by atoms with Crippen LogP contribution in [0.2, 0.25) is 5.02 Å². The van der Waals surface area contributed by atoms with Crippen LogP contribution >= 0.6 is 11.6 Å². The normalized spacial score (nSPS) is 12.6. The number of benzene rings is 2. The van der Waals surface area contributed by atoms with Crippen molar-refractivity contribution in [1.29, 1.82) is 0 Å². The molecule has 0 aliphatic heterocycles. The van der Waals surface area contributed by atoms with Crippen LogP contribution in [0.5, 0.6) is 5.75 Å². The third-order valence-electron chi connectivity index (χ3n) is 6.30. The van der Waals surface area contributed by atoms with E-state index in [1.165, 1.54) is 4.68 Å². The lowest BCUT2D eigenvalue weighted by molar-refractivity contribution is 0.101. The van der Waals surface area contributed by atoms with E-state index in [0.29, 0.717) is 28.6 Å². The maximum absolute atomic E-state index is 13.2. The molecule has 4 aromatic rings. The number of nitrogens with zero attached hydrogens (tertiary/aromatic N) is 3. The summed E-state index contributed by atoms with van der Waals surface area (Å²) >= 11 is 5.98. The molecule has 0 bridgehead atoms. The van der Waals surface area contributed by atoms with E-state index in [0.717, 1.165) is 35.3 Å². The van der Waals surface area contributed by atoms with Gasteiger partial charge in [-0.1, -0.05) is 16.8 Å². The zero-order chi connectivity index (χ0) is 24.0. The molecule has 2 aromatic carbocycles. The Morgan fingerprint density at radius 2 is 1.94 bits per heavy atom. The Morgan fingerprint density at radius 1 is 1.18 bits per heavy atom. The quantitative estimate of drug-likeness (QED) is 0.465. The molecule has 0 saturated heterocycles. The van der Waals surface area contributed by atoms with E-state index < -0.39 is 5.91 Å². The summed E-state index contributed by atoms with van der Waals surface area (Å²) in [6, 6.07) is 12.7. The highest BCUT2D eigenvalue weighted by molar-refractivity contribution is 6.30. The number of nitrogens with one attached hydrogen (secondary N) is 1. The predicted molar refractivity (Wildman–Crippen MR) is 129 cm³/mol. The van der Waals surface area contributed by atoms with Crippen molar-refractivity contribution in [2.24, 2.45) is 7.05 Å². The zero-order valence-electron chi connectivity index (χ0n) is 19.0. The minimum Gasteiger partial charge on any atom is -0.497 e. The molecular formula is C25H23ClN4O4. The van der Waals surface area contributed by atoms with Gasteiger partial charge in [-0.2, -0.15) is 0 Å². The van der Waals surface area contributed by atoms with Crippen molar-refractivity contribution in [2.75, 3.05) is 12.4 Å². The van der Waals surface area contributed by atoms with Crippen LogP contribution in [0.1, 0.15) is 33.7 Å². The zero-order valence-corrected chi connectivity index (χ0v) is 19.8. The second-order valence-corrected chi connectivity index (χ2v) is 8.68. The van der Waals surface area contributed by atoms with Crippen LogP contribution < -0.4 is 15.6 Å². The van der Waals surface area contributed by atoms with Gasteiger partial charge < -0.3 is 14.6 Å². The summed E-state index contributed by atoms with van der Waals surface area (Å²) in [7, 11) is 3.39. The standard InChI is InChI=1S/C25H23ClN4O4/c1-14-21(25(32)30(29(14)2)17-9-7-16(26)8-10-17)27-24(31)22-20-6-4-5-15-13-18(33-3)11-12-19(15)23(20)34-28-22/h7-13H,4-6H2,1-3H3,(H,27,31). The molecule has 9 heteroatoms. The summed E-state index contributed by atoms with van der Waals surface area (Å²) in [6.45, 7) is 1.77. The van der Waals surface area contributed by atoms with Crippen molar-refractivity contribution in [3.05, 3.63) is 80.4 Å². The average Bonchev–Trinajstić information content (AvgIpc) is 3.27. The van der Waals surface area contributed by atoms with E-state index in [2.05, 4.69) is 10.5 Å². The number of amides is 1. The largest absolute Gasteiger partial charge is 0.497 e. The number of aromatic nitrogens is 3. The number of hydrogen-bond acceptors (Lipinski definition) is 5. The number of ether oxygens (including phenoxy) is 1. The Labute approximate surface area is 200 Å².